The van der Waals surface area contributed by atoms with Crippen molar-refractivity contribution >= 4 is 16.3 Å². The van der Waals surface area contributed by atoms with Gasteiger partial charge in [-0.05, 0) is 18.6 Å². The van der Waals surface area contributed by atoms with Crippen molar-refractivity contribution in [2.45, 2.75) is 6.92 Å². The summed E-state index contributed by atoms with van der Waals surface area (Å²) >= 11 is 1.52. The molecule has 2 aromatic heterocycles. The minimum atomic E-state index is 0.786. The number of thiophene rings is 1. The molecule has 0 bridgehead atoms. The van der Waals surface area contributed by atoms with Crippen molar-refractivity contribution in [1.29, 1.82) is 0 Å². The number of aromatic amines is 1. The standard InChI is InChI=1S/C7H8N4S/c1-4-2-5(8)12-6(4)7-9-3-10-11-7/h2-3H,8H2,1H3,(H,9,10,11). The Morgan fingerprint density at radius 3 is 2.92 bits per heavy atom. The normalized spacial score (nSPS) is 10.4. The third-order valence-electron chi connectivity index (χ3n) is 1.57. The average Bonchev–Trinajstić information content (AvgIpc) is 2.58. The van der Waals surface area contributed by atoms with Crippen LogP contribution in [0.3, 0.4) is 0 Å². The van der Waals surface area contributed by atoms with Crippen molar-refractivity contribution in [2.24, 2.45) is 0 Å². The summed E-state index contributed by atoms with van der Waals surface area (Å²) in [5.41, 5.74) is 6.78. The van der Waals surface area contributed by atoms with Gasteiger partial charge in [-0.15, -0.1) is 11.3 Å². The molecule has 0 saturated heterocycles. The van der Waals surface area contributed by atoms with Gasteiger partial charge in [-0.25, -0.2) is 4.98 Å². The van der Waals surface area contributed by atoms with Crippen LogP contribution in [0.2, 0.25) is 0 Å². The van der Waals surface area contributed by atoms with Gasteiger partial charge in [-0.2, -0.15) is 5.10 Å². The number of anilines is 1. The first kappa shape index (κ1) is 7.30. The first-order chi connectivity index (χ1) is 5.77. The summed E-state index contributed by atoms with van der Waals surface area (Å²) in [7, 11) is 0. The Kier molecular flexibility index (Phi) is 1.58. The van der Waals surface area contributed by atoms with Crippen molar-refractivity contribution in [3.8, 4) is 10.7 Å². The van der Waals surface area contributed by atoms with Crippen LogP contribution in [0.1, 0.15) is 5.56 Å². The topological polar surface area (TPSA) is 67.6 Å². The molecule has 0 radical (unpaired) electrons. The zero-order chi connectivity index (χ0) is 8.55. The third kappa shape index (κ3) is 1.08. The van der Waals surface area contributed by atoms with E-state index in [4.69, 9.17) is 5.73 Å². The second-order valence-electron chi connectivity index (χ2n) is 2.49. The van der Waals surface area contributed by atoms with E-state index >= 15 is 0 Å². The van der Waals surface area contributed by atoms with Gasteiger partial charge in [-0.1, -0.05) is 0 Å². The van der Waals surface area contributed by atoms with E-state index in [1.807, 2.05) is 13.0 Å². The van der Waals surface area contributed by atoms with Crippen molar-refractivity contribution in [2.75, 3.05) is 5.73 Å². The lowest BCUT2D eigenvalue weighted by molar-refractivity contribution is 1.10. The fourth-order valence-electron chi connectivity index (χ4n) is 1.06. The maximum absolute atomic E-state index is 5.64. The van der Waals surface area contributed by atoms with Crippen LogP contribution in [0.5, 0.6) is 0 Å². The Morgan fingerprint density at radius 1 is 1.58 bits per heavy atom. The van der Waals surface area contributed by atoms with Crippen LogP contribution in [-0.2, 0) is 0 Å². The number of aryl methyl sites for hydroxylation is 1. The Balaban J connectivity index is 2.54. The van der Waals surface area contributed by atoms with Crippen molar-refractivity contribution in [1.82, 2.24) is 15.2 Å². The molecule has 0 amide bonds. The molecular weight excluding hydrogens is 172 g/mol. The van der Waals surface area contributed by atoms with Gasteiger partial charge < -0.3 is 5.73 Å². The summed E-state index contributed by atoms with van der Waals surface area (Å²) in [5.74, 6) is 0.786. The van der Waals surface area contributed by atoms with E-state index in [0.29, 0.717) is 0 Å². The summed E-state index contributed by atoms with van der Waals surface area (Å²) in [6.07, 6.45) is 1.49. The molecule has 3 N–H and O–H groups in total. The highest BCUT2D eigenvalue weighted by Crippen LogP contribution is 2.30. The second-order valence-corrected chi connectivity index (χ2v) is 3.58. The van der Waals surface area contributed by atoms with Gasteiger partial charge in [-0.3, -0.25) is 5.10 Å². The molecule has 0 aliphatic heterocycles. The van der Waals surface area contributed by atoms with Crippen LogP contribution in [0, 0.1) is 6.92 Å². The molecule has 0 aromatic carbocycles. The monoisotopic (exact) mass is 180 g/mol. The van der Waals surface area contributed by atoms with Gasteiger partial charge in [0, 0.05) is 0 Å². The lowest BCUT2D eigenvalue weighted by Gasteiger charge is -1.89. The van der Waals surface area contributed by atoms with E-state index in [1.165, 1.54) is 17.7 Å². The molecule has 0 fully saturated rings. The second kappa shape index (κ2) is 2.60. The molecular formula is C7H8N4S. The fourth-order valence-corrected chi connectivity index (χ4v) is 1.94. The molecule has 0 aliphatic carbocycles. The van der Waals surface area contributed by atoms with Crippen LogP contribution in [-0.4, -0.2) is 15.2 Å². The smallest absolute Gasteiger partial charge is 0.165 e. The summed E-state index contributed by atoms with van der Waals surface area (Å²) in [4.78, 5) is 5.11. The van der Waals surface area contributed by atoms with E-state index in [0.717, 1.165) is 21.3 Å². The first-order valence-corrected chi connectivity index (χ1v) is 4.30. The third-order valence-corrected chi connectivity index (χ3v) is 2.64. The number of nitrogens with zero attached hydrogens (tertiary/aromatic N) is 2. The molecule has 2 rings (SSSR count). The Bertz CT molecular complexity index is 376. The predicted molar refractivity (Wildman–Crippen MR) is 48.8 cm³/mol. The molecule has 0 saturated carbocycles. The number of nitrogen functional groups attached to an aromatic ring is 1. The average molecular weight is 180 g/mol. The predicted octanol–water partition coefficient (Wildman–Crippen LogP) is 1.42. The molecule has 4 nitrogen and oxygen atoms in total. The van der Waals surface area contributed by atoms with Gasteiger partial charge in [0.25, 0.3) is 0 Å². The minimum Gasteiger partial charge on any atom is -0.391 e. The number of rotatable bonds is 1. The van der Waals surface area contributed by atoms with Crippen LogP contribution < -0.4 is 5.73 Å². The molecule has 0 unspecified atom stereocenters. The zero-order valence-electron chi connectivity index (χ0n) is 6.53. The molecule has 2 aromatic rings. The number of H-pyrrole nitrogens is 1. The fraction of sp³-hybridized carbons (Fsp3) is 0.143. The quantitative estimate of drug-likeness (QED) is 0.697. The zero-order valence-corrected chi connectivity index (χ0v) is 7.35. The molecule has 0 aliphatic rings. The van der Waals surface area contributed by atoms with E-state index in [9.17, 15) is 0 Å². The van der Waals surface area contributed by atoms with Crippen LogP contribution >= 0.6 is 11.3 Å². The number of nitrogens with two attached hydrogens (primary N) is 1. The maximum Gasteiger partial charge on any atom is 0.165 e. The van der Waals surface area contributed by atoms with Crippen LogP contribution in [0.25, 0.3) is 10.7 Å². The molecule has 2 heterocycles. The number of hydrogen-bond acceptors (Lipinski definition) is 4. The Hall–Kier alpha value is -1.36. The molecule has 0 spiro atoms. The summed E-state index contributed by atoms with van der Waals surface area (Å²) in [6, 6.07) is 1.93. The molecule has 12 heavy (non-hydrogen) atoms. The molecule has 5 heteroatoms. The van der Waals surface area contributed by atoms with Crippen LogP contribution in [0.15, 0.2) is 12.4 Å². The number of nitrogens with one attached hydrogen (secondary N) is 1. The summed E-state index contributed by atoms with van der Waals surface area (Å²) < 4.78 is 0. The van der Waals surface area contributed by atoms with Gasteiger partial charge in [0.05, 0.1) is 9.88 Å². The highest BCUT2D eigenvalue weighted by Gasteiger charge is 2.07. The van der Waals surface area contributed by atoms with Gasteiger partial charge in [0.15, 0.2) is 5.82 Å². The molecule has 0 atom stereocenters. The summed E-state index contributed by atoms with van der Waals surface area (Å²) in [6.45, 7) is 2.00. The summed E-state index contributed by atoms with van der Waals surface area (Å²) in [5, 5.41) is 7.38. The number of hydrogen-bond donors (Lipinski definition) is 2. The highest BCUT2D eigenvalue weighted by molar-refractivity contribution is 7.19. The van der Waals surface area contributed by atoms with Crippen LogP contribution in [0.4, 0.5) is 5.00 Å². The van der Waals surface area contributed by atoms with E-state index in [2.05, 4.69) is 15.2 Å². The lowest BCUT2D eigenvalue weighted by atomic mass is 10.3. The van der Waals surface area contributed by atoms with Crippen molar-refractivity contribution < 1.29 is 0 Å². The Morgan fingerprint density at radius 2 is 2.42 bits per heavy atom. The first-order valence-electron chi connectivity index (χ1n) is 3.49. The largest absolute Gasteiger partial charge is 0.391 e. The van der Waals surface area contributed by atoms with Gasteiger partial charge in [0.1, 0.15) is 6.33 Å². The Labute approximate surface area is 73.5 Å². The molecule has 62 valence electrons. The van der Waals surface area contributed by atoms with E-state index in [-0.39, 0.29) is 0 Å². The maximum atomic E-state index is 5.64. The SMILES string of the molecule is Cc1cc(N)sc1-c1ncn[nH]1. The number of aromatic nitrogens is 3. The van der Waals surface area contributed by atoms with Gasteiger partial charge in [0.2, 0.25) is 0 Å². The van der Waals surface area contributed by atoms with Crippen molar-refractivity contribution in [3.63, 3.8) is 0 Å². The minimum absolute atomic E-state index is 0.786. The van der Waals surface area contributed by atoms with Gasteiger partial charge >= 0.3 is 0 Å². The highest BCUT2D eigenvalue weighted by atomic mass is 32.1. The van der Waals surface area contributed by atoms with E-state index < -0.39 is 0 Å². The lowest BCUT2D eigenvalue weighted by Crippen LogP contribution is -1.77. The van der Waals surface area contributed by atoms with E-state index in [1.54, 1.807) is 0 Å². The van der Waals surface area contributed by atoms with Crippen molar-refractivity contribution in [3.05, 3.63) is 18.0 Å².